The van der Waals surface area contributed by atoms with Crippen LogP contribution in [0.4, 0.5) is 19.3 Å². The zero-order valence-electron chi connectivity index (χ0n) is 28.3. The highest BCUT2D eigenvalue weighted by Crippen LogP contribution is 2.69. The molecule has 0 bridgehead atoms. The molecule has 1 saturated heterocycles. The summed E-state index contributed by atoms with van der Waals surface area (Å²) in [7, 11) is -4.18. The van der Waals surface area contributed by atoms with Crippen LogP contribution in [0, 0.1) is 52.3 Å². The summed E-state index contributed by atoms with van der Waals surface area (Å²) in [6.07, 6.45) is 5.53. The summed E-state index contributed by atoms with van der Waals surface area (Å²) >= 11 is 0. The molecule has 1 aliphatic heterocycles. The SMILES string of the molecule is CC[C@H]1[C@@H](O)[C@@H]2[C@H](CC[C@]3(C)[C@@H]([C@H](C)COC(=O)NS(=O)(=O)c4ccc(N5CCC(F)(F)CC5)cc4)CC[C@@H]23)[C@@]2(C)CC[C@@H](O)C[C@@H]12. The number of hydrogen-bond donors (Lipinski definition) is 3. The third kappa shape index (κ3) is 6.31. The molecule has 3 N–H and O–H groups in total. The number of nitrogens with zero attached hydrogens (tertiary/aromatic N) is 1. The second-order valence-corrected chi connectivity index (χ2v) is 17.8. The van der Waals surface area contributed by atoms with Gasteiger partial charge in [0.25, 0.3) is 15.9 Å². The molecule has 5 fully saturated rings. The molecule has 1 aromatic rings. The van der Waals surface area contributed by atoms with Crippen molar-refractivity contribution in [2.24, 2.45) is 52.3 Å². The van der Waals surface area contributed by atoms with Gasteiger partial charge in [-0.15, -0.1) is 0 Å². The Morgan fingerprint density at radius 3 is 2.28 bits per heavy atom. The summed E-state index contributed by atoms with van der Waals surface area (Å²) in [5, 5.41) is 22.5. The second kappa shape index (κ2) is 12.7. The molecule has 0 unspecified atom stereocenters. The van der Waals surface area contributed by atoms with Gasteiger partial charge in [0.05, 0.1) is 23.7 Å². The number of alkyl halides is 2. The molecule has 264 valence electrons. The number of halogens is 2. The van der Waals surface area contributed by atoms with Gasteiger partial charge in [0.2, 0.25) is 0 Å². The number of anilines is 1. The highest BCUT2D eigenvalue weighted by molar-refractivity contribution is 7.90. The van der Waals surface area contributed by atoms with E-state index >= 15 is 0 Å². The Kier molecular flexibility index (Phi) is 9.44. The van der Waals surface area contributed by atoms with Crippen molar-refractivity contribution >= 4 is 21.8 Å². The summed E-state index contributed by atoms with van der Waals surface area (Å²) in [6.45, 7) is 9.52. The summed E-state index contributed by atoms with van der Waals surface area (Å²) in [5.74, 6) is -0.788. The van der Waals surface area contributed by atoms with Gasteiger partial charge in [-0.2, -0.15) is 0 Å². The van der Waals surface area contributed by atoms with E-state index in [4.69, 9.17) is 4.74 Å². The maximum absolute atomic E-state index is 13.5. The number of ether oxygens (including phenoxy) is 1. The first-order valence-electron chi connectivity index (χ1n) is 17.9. The molecule has 1 aromatic carbocycles. The number of nitrogens with one attached hydrogen (secondary N) is 1. The molecule has 11 atom stereocenters. The molecule has 11 heteroatoms. The van der Waals surface area contributed by atoms with Crippen LogP contribution in [0.1, 0.15) is 91.9 Å². The Bertz CT molecular complexity index is 1400. The number of piperidine rings is 1. The average Bonchev–Trinajstić information content (AvgIpc) is 3.38. The van der Waals surface area contributed by atoms with Crippen LogP contribution in [0.5, 0.6) is 0 Å². The molecular formula is C36H54F2N2O6S. The van der Waals surface area contributed by atoms with Gasteiger partial charge in [0, 0.05) is 31.6 Å². The van der Waals surface area contributed by atoms with Crippen molar-refractivity contribution in [3.05, 3.63) is 24.3 Å². The van der Waals surface area contributed by atoms with Gasteiger partial charge in [-0.05, 0) is 121 Å². The van der Waals surface area contributed by atoms with Gasteiger partial charge in [-0.3, -0.25) is 0 Å². The van der Waals surface area contributed by atoms with Crippen molar-refractivity contribution in [3.8, 4) is 0 Å². The highest BCUT2D eigenvalue weighted by Gasteiger charge is 2.65. The van der Waals surface area contributed by atoms with Gasteiger partial charge >= 0.3 is 6.09 Å². The van der Waals surface area contributed by atoms with Crippen molar-refractivity contribution in [3.63, 3.8) is 0 Å². The van der Waals surface area contributed by atoms with Crippen molar-refractivity contribution in [2.75, 3.05) is 24.6 Å². The maximum atomic E-state index is 13.5. The molecule has 0 aromatic heterocycles. The number of aliphatic hydroxyl groups is 2. The molecule has 0 radical (unpaired) electrons. The number of benzene rings is 1. The van der Waals surface area contributed by atoms with E-state index in [1.807, 2.05) is 4.72 Å². The molecule has 1 heterocycles. The lowest BCUT2D eigenvalue weighted by Gasteiger charge is -2.64. The number of sulfonamides is 1. The van der Waals surface area contributed by atoms with E-state index < -0.39 is 22.0 Å². The molecular weight excluding hydrogens is 626 g/mol. The maximum Gasteiger partial charge on any atom is 0.421 e. The lowest BCUT2D eigenvalue weighted by molar-refractivity contribution is -0.203. The minimum atomic E-state index is -4.18. The molecule has 8 nitrogen and oxygen atoms in total. The minimum Gasteiger partial charge on any atom is -0.449 e. The van der Waals surface area contributed by atoms with E-state index in [1.165, 1.54) is 12.1 Å². The predicted molar refractivity (Wildman–Crippen MR) is 175 cm³/mol. The smallest absolute Gasteiger partial charge is 0.421 e. The topological polar surface area (TPSA) is 116 Å². The Morgan fingerprint density at radius 2 is 1.62 bits per heavy atom. The van der Waals surface area contributed by atoms with Crippen molar-refractivity contribution in [1.82, 2.24) is 4.72 Å². The van der Waals surface area contributed by atoms with Crippen molar-refractivity contribution in [1.29, 1.82) is 0 Å². The van der Waals surface area contributed by atoms with Crippen LogP contribution in [-0.4, -0.2) is 62.6 Å². The van der Waals surface area contributed by atoms with E-state index in [2.05, 4.69) is 27.7 Å². The summed E-state index contributed by atoms with van der Waals surface area (Å²) in [6, 6.07) is 5.89. The van der Waals surface area contributed by atoms with Crippen LogP contribution in [0.3, 0.4) is 0 Å². The van der Waals surface area contributed by atoms with Gasteiger partial charge in [0.1, 0.15) is 0 Å². The third-order valence-electron chi connectivity index (χ3n) is 13.9. The first kappa shape index (κ1) is 34.9. The fourth-order valence-corrected chi connectivity index (χ4v) is 12.3. The highest BCUT2D eigenvalue weighted by atomic mass is 32.2. The summed E-state index contributed by atoms with van der Waals surface area (Å²) in [4.78, 5) is 14.4. The number of amides is 1. The molecule has 0 spiro atoms. The first-order valence-corrected chi connectivity index (χ1v) is 19.4. The van der Waals surface area contributed by atoms with Crippen LogP contribution in [0.25, 0.3) is 0 Å². The lowest BCUT2D eigenvalue weighted by atomic mass is 9.41. The average molecular weight is 681 g/mol. The Morgan fingerprint density at radius 1 is 0.979 bits per heavy atom. The van der Waals surface area contributed by atoms with Crippen LogP contribution in [0.15, 0.2) is 29.2 Å². The summed E-state index contributed by atoms with van der Waals surface area (Å²) < 4.78 is 60.5. The Balaban J connectivity index is 1.06. The van der Waals surface area contributed by atoms with Crippen LogP contribution < -0.4 is 9.62 Å². The zero-order valence-corrected chi connectivity index (χ0v) is 29.2. The summed E-state index contributed by atoms with van der Waals surface area (Å²) in [5.41, 5.74) is 0.785. The fourth-order valence-electron chi connectivity index (χ4n) is 11.4. The van der Waals surface area contributed by atoms with Crippen molar-refractivity contribution < 1.29 is 36.9 Å². The predicted octanol–water partition coefficient (Wildman–Crippen LogP) is 6.60. The standard InChI is InChI=1S/C36H54F2N2O6S/c1-5-26-30-20-24(41)12-14-35(30,4)29-13-15-34(3)27(10-11-28(34)31(29)32(26)42)22(2)21-46-33(43)39-47(44,45)25-8-6-23(7-9-25)40-18-16-36(37,38)17-19-40/h6-9,22,24,26-32,41-42H,5,10-21H2,1-4H3,(H,39,43)/t22-,24-,26-,27-,28+,29+,30+,31+,32-,34-,35-/m1/s1. The number of carbonyl (C=O) groups excluding carboxylic acids is 1. The van der Waals surface area contributed by atoms with E-state index in [9.17, 15) is 32.2 Å². The molecule has 1 amide bonds. The van der Waals surface area contributed by atoms with E-state index in [1.54, 1.807) is 17.0 Å². The number of aliphatic hydroxyl groups excluding tert-OH is 2. The molecule has 6 rings (SSSR count). The van der Waals surface area contributed by atoms with Crippen LogP contribution in [0.2, 0.25) is 0 Å². The number of carbonyl (C=O) groups is 1. The van der Waals surface area contributed by atoms with E-state index in [0.29, 0.717) is 23.4 Å². The number of hydrogen-bond acceptors (Lipinski definition) is 7. The second-order valence-electron chi connectivity index (χ2n) is 16.1. The van der Waals surface area contributed by atoms with Gasteiger partial charge in [-0.25, -0.2) is 26.7 Å². The molecule has 4 aliphatic carbocycles. The monoisotopic (exact) mass is 680 g/mol. The molecule has 47 heavy (non-hydrogen) atoms. The largest absolute Gasteiger partial charge is 0.449 e. The molecule has 4 saturated carbocycles. The van der Waals surface area contributed by atoms with E-state index in [0.717, 1.165) is 51.4 Å². The number of rotatable bonds is 7. The van der Waals surface area contributed by atoms with Gasteiger partial charge < -0.3 is 19.8 Å². The quantitative estimate of drug-likeness (QED) is 0.297. The van der Waals surface area contributed by atoms with Crippen LogP contribution in [-0.2, 0) is 14.8 Å². The minimum absolute atomic E-state index is 0.00482. The third-order valence-corrected chi connectivity index (χ3v) is 15.2. The fraction of sp³-hybridized carbons (Fsp3) is 0.806. The van der Waals surface area contributed by atoms with Crippen LogP contribution >= 0.6 is 0 Å². The Labute approximate surface area is 279 Å². The first-order chi connectivity index (χ1) is 22.1. The zero-order chi connectivity index (χ0) is 33.9. The Hall–Kier alpha value is -1.98. The van der Waals surface area contributed by atoms with E-state index in [-0.39, 0.29) is 84.1 Å². The lowest BCUT2D eigenvalue weighted by Crippen LogP contribution is -2.62. The van der Waals surface area contributed by atoms with Gasteiger partial charge in [-0.1, -0.05) is 34.1 Å². The molecule has 5 aliphatic rings. The van der Waals surface area contributed by atoms with Crippen molar-refractivity contribution in [2.45, 2.75) is 115 Å². The van der Waals surface area contributed by atoms with Gasteiger partial charge in [0.15, 0.2) is 0 Å². The normalized spacial score (nSPS) is 40.5. The number of fused-ring (bicyclic) bond motifs is 5.